The maximum absolute atomic E-state index is 13.8. The highest BCUT2D eigenvalue weighted by Gasteiger charge is 2.36. The van der Waals surface area contributed by atoms with Crippen molar-refractivity contribution in [3.63, 3.8) is 0 Å². The third kappa shape index (κ3) is 15.7. The van der Waals surface area contributed by atoms with E-state index in [1.807, 2.05) is 70.2 Å². The van der Waals surface area contributed by atoms with Crippen LogP contribution in [0.4, 0.5) is 0 Å². The maximum Gasteiger partial charge on any atom is 0.344 e. The van der Waals surface area contributed by atoms with Crippen molar-refractivity contribution in [3.8, 4) is 23.0 Å². The van der Waals surface area contributed by atoms with E-state index < -0.39 is 68.0 Å². The minimum absolute atomic E-state index is 0.00607. The molecule has 4 unspecified atom stereocenters. The van der Waals surface area contributed by atoms with Gasteiger partial charge in [-0.3, -0.25) is 9.59 Å². The predicted molar refractivity (Wildman–Crippen MR) is 338 cm³/mol. The molecule has 0 bridgehead atoms. The average Bonchev–Trinajstić information content (AvgIpc) is 1.50. The summed E-state index contributed by atoms with van der Waals surface area (Å²) < 4.78 is 101. The molecular weight excluding hydrogens is 1220 g/mol. The summed E-state index contributed by atoms with van der Waals surface area (Å²) >= 11 is 0. The lowest BCUT2D eigenvalue weighted by molar-refractivity contribution is -0.157. The number of esters is 3. The molecule has 0 saturated heterocycles. The van der Waals surface area contributed by atoms with E-state index in [-0.39, 0.29) is 86.6 Å². The number of aryl methyl sites for hydroxylation is 4. The smallest absolute Gasteiger partial charge is 0.344 e. The van der Waals surface area contributed by atoms with E-state index in [1.165, 1.54) is 13.3 Å². The Kier molecular flexibility index (Phi) is 20.7. The molecule has 0 spiro atoms. The zero-order chi connectivity index (χ0) is 66.4. The van der Waals surface area contributed by atoms with Crippen LogP contribution in [0.1, 0.15) is 118 Å². The van der Waals surface area contributed by atoms with Crippen molar-refractivity contribution >= 4 is 66.0 Å². The predicted octanol–water partition coefficient (Wildman–Crippen LogP) is 8.85. The molecule has 0 fully saturated rings. The summed E-state index contributed by atoms with van der Waals surface area (Å²) in [5.74, 6) is -2.31. The van der Waals surface area contributed by atoms with Crippen molar-refractivity contribution in [2.45, 2.75) is 128 Å². The number of aromatic nitrogens is 6. The molecule has 1 N–H and O–H groups in total. The Morgan fingerprint density at radius 3 is 1.40 bits per heavy atom. The summed E-state index contributed by atoms with van der Waals surface area (Å²) in [7, 11) is -4.34. The molecular formula is C66H76N8O16S2. The number of carboxylic acids is 1. The van der Waals surface area contributed by atoms with Gasteiger partial charge in [-0.15, -0.1) is 10.2 Å². The molecule has 10 rings (SSSR count). The van der Waals surface area contributed by atoms with Gasteiger partial charge in [-0.1, -0.05) is 71.1 Å². The van der Waals surface area contributed by atoms with Gasteiger partial charge in [0.1, 0.15) is 72.7 Å². The molecule has 0 aliphatic carbocycles. The van der Waals surface area contributed by atoms with Crippen LogP contribution in [-0.2, 0) is 80.6 Å². The summed E-state index contributed by atoms with van der Waals surface area (Å²) in [4.78, 5) is 49.9. The zero-order valence-corrected chi connectivity index (χ0v) is 54.9. The van der Waals surface area contributed by atoms with Crippen LogP contribution in [-0.4, -0.2) is 142 Å². The van der Waals surface area contributed by atoms with E-state index in [4.69, 9.17) is 33.2 Å². The number of aliphatic carboxylic acids is 1. The van der Waals surface area contributed by atoms with Gasteiger partial charge in [0.2, 0.25) is 20.0 Å². The molecule has 2 aromatic heterocycles. The molecule has 92 heavy (non-hydrogen) atoms. The second-order valence-corrected chi connectivity index (χ2v) is 27.4. The van der Waals surface area contributed by atoms with Crippen LogP contribution in [0.3, 0.4) is 0 Å². The van der Waals surface area contributed by atoms with Crippen LogP contribution < -0.4 is 18.9 Å². The zero-order valence-electron chi connectivity index (χ0n) is 53.2. The molecule has 6 aromatic carbocycles. The van der Waals surface area contributed by atoms with Gasteiger partial charge >= 0.3 is 23.9 Å². The molecule has 4 atom stereocenters. The van der Waals surface area contributed by atoms with Crippen LogP contribution in [0.5, 0.6) is 23.0 Å². The number of hydrogen-bond acceptors (Lipinski definition) is 19. The highest BCUT2D eigenvalue weighted by atomic mass is 32.2. The Balaban J connectivity index is 0.000000218. The number of fused-ring (bicyclic) bond motifs is 4. The number of sulfonamides is 2. The first-order valence-electron chi connectivity index (χ1n) is 30.0. The van der Waals surface area contributed by atoms with Crippen molar-refractivity contribution < 1.29 is 74.3 Å². The number of carboxylic acid groups (broad SMARTS) is 1. The highest BCUT2D eigenvalue weighted by Crippen LogP contribution is 2.40. The van der Waals surface area contributed by atoms with Gasteiger partial charge in [0.15, 0.2) is 13.2 Å². The van der Waals surface area contributed by atoms with Crippen molar-refractivity contribution in [2.75, 3.05) is 39.5 Å². The Morgan fingerprint density at radius 1 is 0.587 bits per heavy atom. The van der Waals surface area contributed by atoms with Gasteiger partial charge in [-0.25, -0.2) is 35.8 Å². The molecule has 4 heterocycles. The van der Waals surface area contributed by atoms with E-state index in [2.05, 4.69) is 20.6 Å². The Labute approximate surface area is 534 Å². The van der Waals surface area contributed by atoms with Gasteiger partial charge in [0, 0.05) is 39.0 Å². The highest BCUT2D eigenvalue weighted by molar-refractivity contribution is 7.89. The molecule has 24 nitrogen and oxygen atoms in total. The van der Waals surface area contributed by atoms with Crippen molar-refractivity contribution in [1.82, 2.24) is 38.6 Å². The lowest BCUT2D eigenvalue weighted by Crippen LogP contribution is -2.35. The summed E-state index contributed by atoms with van der Waals surface area (Å²) in [6.07, 6.45) is -0.785. The van der Waals surface area contributed by atoms with Crippen LogP contribution in [0.2, 0.25) is 0 Å². The van der Waals surface area contributed by atoms with E-state index in [1.54, 1.807) is 120 Å². The van der Waals surface area contributed by atoms with Crippen molar-refractivity contribution in [1.29, 1.82) is 0 Å². The molecule has 488 valence electrons. The first-order valence-corrected chi connectivity index (χ1v) is 32.9. The lowest BCUT2D eigenvalue weighted by atomic mass is 9.86. The monoisotopic (exact) mass is 1300 g/mol. The summed E-state index contributed by atoms with van der Waals surface area (Å²) in [5.41, 5.74) is 7.51. The van der Waals surface area contributed by atoms with Crippen LogP contribution in [0.25, 0.3) is 22.1 Å². The molecule has 0 radical (unpaired) electrons. The fourth-order valence-electron chi connectivity index (χ4n) is 11.2. The van der Waals surface area contributed by atoms with Gasteiger partial charge < -0.3 is 38.3 Å². The summed E-state index contributed by atoms with van der Waals surface area (Å²) in [6, 6.07) is 31.8. The lowest BCUT2D eigenvalue weighted by Gasteiger charge is -2.24. The van der Waals surface area contributed by atoms with Gasteiger partial charge in [0.25, 0.3) is 0 Å². The van der Waals surface area contributed by atoms with Crippen LogP contribution in [0, 0.1) is 13.8 Å². The Bertz CT molecular complexity index is 4300. The molecule has 2 aliphatic rings. The van der Waals surface area contributed by atoms with E-state index >= 15 is 0 Å². The quantitative estimate of drug-likeness (QED) is 0.0550. The van der Waals surface area contributed by atoms with Gasteiger partial charge in [-0.2, -0.15) is 8.61 Å². The van der Waals surface area contributed by atoms with E-state index in [0.29, 0.717) is 50.4 Å². The van der Waals surface area contributed by atoms with Gasteiger partial charge in [0.05, 0.1) is 39.1 Å². The normalized spacial score (nSPS) is 16.8. The molecule has 26 heteroatoms. The average molecular weight is 1300 g/mol. The second kappa shape index (κ2) is 28.3. The number of nitrogens with zero attached hydrogens (tertiary/aromatic N) is 8. The van der Waals surface area contributed by atoms with Crippen molar-refractivity contribution in [3.05, 3.63) is 154 Å². The SMILES string of the molecule is CCOC(=O)CC(c1ccc(C)c(CN2CC(C)Oc3ccccc3S2(=O)=O)c1)c1cc(OCC(=O)O)c2c(c1)nnn2C.CCOC(=O)CC(c1ccc(C)c(CN2CC(C)Oc3ccccc3S2(=O)=O)c1)c1cc(OCC(=O)OC(C)(C)C)c2c(c1)nnn2C. The second-order valence-electron chi connectivity index (χ2n) is 23.6. The minimum Gasteiger partial charge on any atom is -0.488 e. The standard InChI is InChI=1S/C35H42N4O8S.C31H34N4O8S/c1-8-44-32(40)18-27(25-16-28-34(38(7)37-36-28)30(17-25)45-21-33(41)47-35(4,5)6)24-14-13-22(2)26(15-24)20-39-19-23(3)46-29-11-9-10-12-31(29)48(39,42)43;1-5-41-30(38)15-24(22-13-25-31(34(4)33-32-25)27(14-22)42-18-29(36)37)21-11-10-19(2)23(12-21)17-35-16-20(3)43-26-8-6-7-9-28(26)44(35,39)40/h9-17,23,27H,8,18-21H2,1-7H3;6-14,20,24H,5,15-18H2,1-4H3,(H,36,37). The van der Waals surface area contributed by atoms with Gasteiger partial charge in [-0.05, 0) is 155 Å². The topological polar surface area (TPSA) is 289 Å². The largest absolute Gasteiger partial charge is 0.488 e. The van der Waals surface area contributed by atoms with Crippen molar-refractivity contribution in [2.24, 2.45) is 14.1 Å². The molecule has 0 saturated carbocycles. The number of carbonyl (C=O) groups excluding carboxylic acids is 3. The van der Waals surface area contributed by atoms with E-state index in [0.717, 1.165) is 33.4 Å². The summed E-state index contributed by atoms with van der Waals surface area (Å²) in [6.45, 7) is 16.3. The van der Waals surface area contributed by atoms with Crippen LogP contribution in [0.15, 0.2) is 119 Å². The first-order chi connectivity index (χ1) is 43.6. The number of rotatable bonds is 20. The van der Waals surface area contributed by atoms with E-state index in [9.17, 15) is 41.1 Å². The summed E-state index contributed by atoms with van der Waals surface area (Å²) in [5, 5.41) is 25.9. The minimum atomic E-state index is -3.87. The third-order valence-corrected chi connectivity index (χ3v) is 19.1. The number of ether oxygens (including phenoxy) is 7. The fraction of sp³-hybridized carbons (Fsp3) is 0.394. The fourth-order valence-corrected chi connectivity index (χ4v) is 14.4. The number of benzene rings is 6. The molecule has 8 aromatic rings. The van der Waals surface area contributed by atoms with Crippen LogP contribution >= 0.6 is 0 Å². The Morgan fingerprint density at radius 2 is 1.00 bits per heavy atom. The first kappa shape index (κ1) is 67.4. The number of hydrogen-bond donors (Lipinski definition) is 1. The molecule has 0 amide bonds. The maximum atomic E-state index is 13.8. The third-order valence-electron chi connectivity index (χ3n) is 15.4. The number of para-hydroxylation sites is 2. The number of carbonyl (C=O) groups is 4. The Hall–Kier alpha value is -8.98. The molecule has 2 aliphatic heterocycles.